The lowest BCUT2D eigenvalue weighted by Gasteiger charge is -2.40. The van der Waals surface area contributed by atoms with Crippen LogP contribution in [0.1, 0.15) is 62.4 Å². The molecule has 6 heteroatoms. The van der Waals surface area contributed by atoms with Gasteiger partial charge in [-0.3, -0.25) is 9.58 Å². The number of hydrogen-bond acceptors (Lipinski definition) is 5. The van der Waals surface area contributed by atoms with Crippen LogP contribution >= 0.6 is 0 Å². The zero-order valence-corrected chi connectivity index (χ0v) is 17.2. The highest BCUT2D eigenvalue weighted by atomic mass is 16.3. The molecule has 1 saturated heterocycles. The molecule has 0 unspecified atom stereocenters. The van der Waals surface area contributed by atoms with Crippen molar-refractivity contribution in [3.63, 3.8) is 0 Å². The first-order chi connectivity index (χ1) is 13.1. The van der Waals surface area contributed by atoms with Gasteiger partial charge in [0.1, 0.15) is 6.10 Å². The summed E-state index contributed by atoms with van der Waals surface area (Å²) in [6.07, 6.45) is 8.98. The summed E-state index contributed by atoms with van der Waals surface area (Å²) in [7, 11) is 3.98. The molecule has 0 bridgehead atoms. The molecule has 0 amide bonds. The molecule has 0 spiro atoms. The molecule has 1 aromatic heterocycles. The summed E-state index contributed by atoms with van der Waals surface area (Å²) in [5.74, 6) is 0. The van der Waals surface area contributed by atoms with Gasteiger partial charge in [0.2, 0.25) is 0 Å². The lowest BCUT2D eigenvalue weighted by Crippen LogP contribution is -2.47. The van der Waals surface area contributed by atoms with Crippen molar-refractivity contribution < 1.29 is 5.11 Å². The first-order valence-corrected chi connectivity index (χ1v) is 11.0. The Morgan fingerprint density at radius 2 is 1.70 bits per heavy atom. The number of aromatic nitrogens is 2. The van der Waals surface area contributed by atoms with Crippen LogP contribution in [0.15, 0.2) is 6.07 Å². The molecule has 1 saturated carbocycles. The molecular weight excluding hydrogens is 338 g/mol. The number of fused-ring (bicyclic) bond motifs is 1. The van der Waals surface area contributed by atoms with Crippen molar-refractivity contribution in [2.75, 3.05) is 40.3 Å². The zero-order chi connectivity index (χ0) is 18.8. The van der Waals surface area contributed by atoms with E-state index in [1.165, 1.54) is 63.9 Å². The molecular formula is C21H37N5O. The number of nitrogens with zero attached hydrogens (tertiary/aromatic N) is 5. The van der Waals surface area contributed by atoms with Crippen LogP contribution in [0.3, 0.4) is 0 Å². The minimum atomic E-state index is -0.498. The van der Waals surface area contributed by atoms with Crippen LogP contribution in [-0.4, -0.2) is 81.9 Å². The van der Waals surface area contributed by atoms with Crippen molar-refractivity contribution in [1.82, 2.24) is 24.5 Å². The molecule has 4 rings (SSSR count). The minimum absolute atomic E-state index is 0.498. The van der Waals surface area contributed by atoms with Crippen LogP contribution in [0.4, 0.5) is 0 Å². The third-order valence-electron chi connectivity index (χ3n) is 6.80. The summed E-state index contributed by atoms with van der Waals surface area (Å²) in [6.45, 7) is 6.31. The molecule has 1 aliphatic carbocycles. The Kier molecular flexibility index (Phi) is 6.17. The highest BCUT2D eigenvalue weighted by Gasteiger charge is 2.31. The maximum Gasteiger partial charge on any atom is 0.110 e. The molecule has 1 N–H and O–H groups in total. The van der Waals surface area contributed by atoms with Crippen LogP contribution < -0.4 is 0 Å². The first kappa shape index (κ1) is 19.4. The minimum Gasteiger partial charge on any atom is -0.385 e. The fraction of sp³-hybridized carbons (Fsp3) is 0.857. The number of aryl methyl sites for hydroxylation is 1. The van der Waals surface area contributed by atoms with Gasteiger partial charge in [0.15, 0.2) is 0 Å². The van der Waals surface area contributed by atoms with E-state index in [4.69, 9.17) is 5.10 Å². The molecule has 2 aliphatic heterocycles. The fourth-order valence-corrected chi connectivity index (χ4v) is 5.31. The van der Waals surface area contributed by atoms with E-state index in [1.807, 2.05) is 19.0 Å². The van der Waals surface area contributed by atoms with Crippen LogP contribution in [0.2, 0.25) is 0 Å². The van der Waals surface area contributed by atoms with Gasteiger partial charge in [0.25, 0.3) is 0 Å². The number of likely N-dealkylation sites (N-methyl/N-ethyl adjacent to an activating group) is 1. The Hall–Kier alpha value is -0.950. The number of rotatable bonds is 5. The van der Waals surface area contributed by atoms with Crippen molar-refractivity contribution in [2.24, 2.45) is 0 Å². The number of aliphatic hydroxyl groups excluding tert-OH is 1. The second kappa shape index (κ2) is 8.60. The lowest BCUT2D eigenvalue weighted by molar-refractivity contribution is 0.0810. The van der Waals surface area contributed by atoms with E-state index in [0.717, 1.165) is 31.2 Å². The largest absolute Gasteiger partial charge is 0.385 e. The fourth-order valence-electron chi connectivity index (χ4n) is 5.31. The third kappa shape index (κ3) is 4.56. The van der Waals surface area contributed by atoms with Gasteiger partial charge in [0.05, 0.1) is 11.4 Å². The predicted octanol–water partition coefficient (Wildman–Crippen LogP) is 2.09. The second-order valence-corrected chi connectivity index (χ2v) is 9.09. The van der Waals surface area contributed by atoms with Crippen molar-refractivity contribution >= 4 is 0 Å². The molecule has 2 fully saturated rings. The Morgan fingerprint density at radius 1 is 1.00 bits per heavy atom. The summed E-state index contributed by atoms with van der Waals surface area (Å²) in [6, 6.07) is 3.72. The number of likely N-dealkylation sites (tertiary alicyclic amines) is 1. The van der Waals surface area contributed by atoms with Crippen LogP contribution in [0.5, 0.6) is 0 Å². The molecule has 3 heterocycles. The molecule has 152 valence electrons. The normalized spacial score (nSPS) is 25.0. The summed E-state index contributed by atoms with van der Waals surface area (Å²) < 4.78 is 2.14. The summed E-state index contributed by atoms with van der Waals surface area (Å²) >= 11 is 0. The van der Waals surface area contributed by atoms with Crippen molar-refractivity contribution in [2.45, 2.75) is 76.2 Å². The van der Waals surface area contributed by atoms with Gasteiger partial charge in [-0.2, -0.15) is 5.10 Å². The number of hydrogen-bond donors (Lipinski definition) is 1. The smallest absolute Gasteiger partial charge is 0.110 e. The Morgan fingerprint density at radius 3 is 2.41 bits per heavy atom. The topological polar surface area (TPSA) is 47.8 Å². The quantitative estimate of drug-likeness (QED) is 0.854. The van der Waals surface area contributed by atoms with Crippen molar-refractivity contribution in [3.05, 3.63) is 17.5 Å². The van der Waals surface area contributed by atoms with Gasteiger partial charge < -0.3 is 14.9 Å². The summed E-state index contributed by atoms with van der Waals surface area (Å²) in [5, 5.41) is 15.1. The number of aliphatic hydroxyl groups is 1. The summed E-state index contributed by atoms with van der Waals surface area (Å²) in [5.41, 5.74) is 2.11. The van der Waals surface area contributed by atoms with Gasteiger partial charge in [0, 0.05) is 38.3 Å². The predicted molar refractivity (Wildman–Crippen MR) is 108 cm³/mol. The van der Waals surface area contributed by atoms with Crippen molar-refractivity contribution in [1.29, 1.82) is 0 Å². The average Bonchev–Trinajstić information content (AvgIpc) is 3.28. The van der Waals surface area contributed by atoms with E-state index >= 15 is 0 Å². The highest BCUT2D eigenvalue weighted by molar-refractivity contribution is 5.14. The average molecular weight is 376 g/mol. The van der Waals surface area contributed by atoms with E-state index in [-0.39, 0.29) is 0 Å². The van der Waals surface area contributed by atoms with Gasteiger partial charge in [-0.05, 0) is 65.4 Å². The van der Waals surface area contributed by atoms with E-state index < -0.39 is 6.10 Å². The molecule has 1 aromatic rings. The van der Waals surface area contributed by atoms with E-state index in [1.54, 1.807) is 0 Å². The van der Waals surface area contributed by atoms with Gasteiger partial charge in [-0.15, -0.1) is 0 Å². The van der Waals surface area contributed by atoms with E-state index in [0.29, 0.717) is 12.6 Å². The maximum absolute atomic E-state index is 10.4. The molecule has 6 nitrogen and oxygen atoms in total. The van der Waals surface area contributed by atoms with Crippen LogP contribution in [-0.2, 0) is 13.1 Å². The second-order valence-electron chi connectivity index (χ2n) is 9.09. The van der Waals surface area contributed by atoms with Gasteiger partial charge in [-0.1, -0.05) is 12.8 Å². The first-order valence-electron chi connectivity index (χ1n) is 11.0. The molecule has 0 radical (unpaired) electrons. The standard InChI is InChI=1S/C21H37N5O/c1-23(2)16-21(27)20-14-19-15-25(10-5-11-26(19)22-20)18-8-12-24(13-9-18)17-6-3-4-7-17/h14,17-18,21,27H,3-13,15-16H2,1-2H3/t21-/m0/s1. The van der Waals surface area contributed by atoms with Crippen LogP contribution in [0, 0.1) is 0 Å². The third-order valence-corrected chi connectivity index (χ3v) is 6.80. The lowest BCUT2D eigenvalue weighted by atomic mass is 10.0. The highest BCUT2D eigenvalue weighted by Crippen LogP contribution is 2.29. The van der Waals surface area contributed by atoms with E-state index in [2.05, 4.69) is 20.5 Å². The summed E-state index contributed by atoms with van der Waals surface area (Å²) in [4.78, 5) is 7.47. The van der Waals surface area contributed by atoms with Gasteiger partial charge >= 0.3 is 0 Å². The molecule has 0 aromatic carbocycles. The van der Waals surface area contributed by atoms with Gasteiger partial charge in [-0.25, -0.2) is 0 Å². The monoisotopic (exact) mass is 375 g/mol. The Balaban J connectivity index is 1.36. The molecule has 27 heavy (non-hydrogen) atoms. The Bertz CT molecular complexity index is 602. The molecule has 3 aliphatic rings. The van der Waals surface area contributed by atoms with Crippen LogP contribution in [0.25, 0.3) is 0 Å². The Labute approximate surface area is 164 Å². The zero-order valence-electron chi connectivity index (χ0n) is 17.2. The van der Waals surface area contributed by atoms with E-state index in [9.17, 15) is 5.11 Å². The molecule has 1 atom stereocenters. The maximum atomic E-state index is 10.4. The SMILES string of the molecule is CN(C)C[C@H](O)c1cc2n(n1)CCCN(C1CCN(C3CCCC3)CC1)C2. The number of piperidine rings is 1. The van der Waals surface area contributed by atoms with Crippen molar-refractivity contribution in [3.8, 4) is 0 Å².